The summed E-state index contributed by atoms with van der Waals surface area (Å²) in [5.74, 6) is 0.952. The number of rotatable bonds is 7. The molecule has 0 spiro atoms. The van der Waals surface area contributed by atoms with Crippen LogP contribution in [0.5, 0.6) is 0 Å². The molecule has 1 atom stereocenters. The van der Waals surface area contributed by atoms with Crippen LogP contribution in [0.15, 0.2) is 48.7 Å². The summed E-state index contributed by atoms with van der Waals surface area (Å²) in [7, 11) is 0. The molecule has 0 unspecified atom stereocenters. The van der Waals surface area contributed by atoms with Crippen molar-refractivity contribution in [2.45, 2.75) is 32.2 Å². The second-order valence-corrected chi connectivity index (χ2v) is 6.59. The number of hydrogen-bond acceptors (Lipinski definition) is 4. The lowest BCUT2D eigenvalue weighted by Crippen LogP contribution is -2.36. The van der Waals surface area contributed by atoms with E-state index in [0.717, 1.165) is 56.1 Å². The number of pyridine rings is 1. The fourth-order valence-electron chi connectivity index (χ4n) is 3.24. The van der Waals surface area contributed by atoms with E-state index >= 15 is 0 Å². The van der Waals surface area contributed by atoms with E-state index in [4.69, 9.17) is 4.74 Å². The second kappa shape index (κ2) is 9.34. The van der Waals surface area contributed by atoms with Crippen molar-refractivity contribution in [2.75, 3.05) is 31.2 Å². The third kappa shape index (κ3) is 4.82. The van der Waals surface area contributed by atoms with Crippen LogP contribution in [0.4, 0.5) is 5.82 Å². The highest BCUT2D eigenvalue weighted by Gasteiger charge is 2.19. The van der Waals surface area contributed by atoms with E-state index in [1.54, 1.807) is 0 Å². The SMILES string of the molecule is CCC[C@H](C(=O)NCc1ccc(N2CCOCC2)nc1)c1ccccc1. The lowest BCUT2D eigenvalue weighted by atomic mass is 9.93. The van der Waals surface area contributed by atoms with Crippen molar-refractivity contribution < 1.29 is 9.53 Å². The Balaban J connectivity index is 1.57. The molecule has 0 radical (unpaired) electrons. The van der Waals surface area contributed by atoms with Gasteiger partial charge < -0.3 is 15.0 Å². The Kier molecular flexibility index (Phi) is 6.61. The third-order valence-corrected chi connectivity index (χ3v) is 4.71. The van der Waals surface area contributed by atoms with Gasteiger partial charge in [-0.25, -0.2) is 4.98 Å². The highest BCUT2D eigenvalue weighted by molar-refractivity contribution is 5.83. The summed E-state index contributed by atoms with van der Waals surface area (Å²) >= 11 is 0. The van der Waals surface area contributed by atoms with Gasteiger partial charge in [-0.05, 0) is 23.6 Å². The van der Waals surface area contributed by atoms with Gasteiger partial charge in [0.1, 0.15) is 5.82 Å². The molecule has 3 rings (SSSR count). The Hall–Kier alpha value is -2.40. The molecule has 1 aliphatic heterocycles. The number of aromatic nitrogens is 1. The van der Waals surface area contributed by atoms with Gasteiger partial charge >= 0.3 is 0 Å². The molecule has 1 N–H and O–H groups in total. The molecule has 1 amide bonds. The number of hydrogen-bond donors (Lipinski definition) is 1. The summed E-state index contributed by atoms with van der Waals surface area (Å²) in [5.41, 5.74) is 2.09. The molecule has 5 nitrogen and oxygen atoms in total. The number of carbonyl (C=O) groups excluding carboxylic acids is 1. The van der Waals surface area contributed by atoms with Crippen molar-refractivity contribution in [1.29, 1.82) is 0 Å². The lowest BCUT2D eigenvalue weighted by molar-refractivity contribution is -0.122. The number of ether oxygens (including phenoxy) is 1. The summed E-state index contributed by atoms with van der Waals surface area (Å²) in [6.07, 6.45) is 3.68. The zero-order chi connectivity index (χ0) is 18.2. The Morgan fingerprint density at radius 3 is 2.62 bits per heavy atom. The molecule has 138 valence electrons. The van der Waals surface area contributed by atoms with Crippen molar-refractivity contribution in [2.24, 2.45) is 0 Å². The van der Waals surface area contributed by atoms with E-state index in [-0.39, 0.29) is 11.8 Å². The van der Waals surface area contributed by atoms with Crippen molar-refractivity contribution in [1.82, 2.24) is 10.3 Å². The van der Waals surface area contributed by atoms with Gasteiger partial charge in [0.15, 0.2) is 0 Å². The largest absolute Gasteiger partial charge is 0.378 e. The maximum Gasteiger partial charge on any atom is 0.227 e. The molecule has 2 aromatic rings. The van der Waals surface area contributed by atoms with E-state index in [1.807, 2.05) is 48.7 Å². The van der Waals surface area contributed by atoms with Gasteiger partial charge in [0.05, 0.1) is 19.1 Å². The van der Waals surface area contributed by atoms with Crippen molar-refractivity contribution in [3.05, 3.63) is 59.8 Å². The number of anilines is 1. The van der Waals surface area contributed by atoms with Crippen molar-refractivity contribution in [3.63, 3.8) is 0 Å². The summed E-state index contributed by atoms with van der Waals surface area (Å²) in [6, 6.07) is 14.1. The van der Waals surface area contributed by atoms with Crippen LogP contribution in [0.25, 0.3) is 0 Å². The van der Waals surface area contributed by atoms with Gasteiger partial charge in [-0.3, -0.25) is 4.79 Å². The van der Waals surface area contributed by atoms with Gasteiger partial charge in [0.25, 0.3) is 0 Å². The monoisotopic (exact) mass is 353 g/mol. The minimum Gasteiger partial charge on any atom is -0.378 e. The molecular formula is C21H27N3O2. The van der Waals surface area contributed by atoms with Gasteiger partial charge in [-0.1, -0.05) is 49.7 Å². The predicted molar refractivity (Wildman–Crippen MR) is 103 cm³/mol. The normalized spacial score (nSPS) is 15.5. The molecule has 1 aliphatic rings. The van der Waals surface area contributed by atoms with E-state index < -0.39 is 0 Å². The van der Waals surface area contributed by atoms with E-state index in [0.29, 0.717) is 6.54 Å². The number of nitrogens with zero attached hydrogens (tertiary/aromatic N) is 2. The standard InChI is InChI=1S/C21H27N3O2/c1-2-6-19(18-7-4-3-5-8-18)21(25)23-16-17-9-10-20(22-15-17)24-11-13-26-14-12-24/h3-5,7-10,15,19H,2,6,11-14,16H2,1H3,(H,23,25)/t19-/m0/s1. The maximum absolute atomic E-state index is 12.7. The first-order chi connectivity index (χ1) is 12.8. The summed E-state index contributed by atoms with van der Waals surface area (Å²) in [4.78, 5) is 19.4. The van der Waals surface area contributed by atoms with Gasteiger partial charge in [-0.2, -0.15) is 0 Å². The van der Waals surface area contributed by atoms with Gasteiger partial charge in [-0.15, -0.1) is 0 Å². The molecule has 1 fully saturated rings. The Morgan fingerprint density at radius 2 is 1.96 bits per heavy atom. The van der Waals surface area contributed by atoms with Crippen LogP contribution in [0.1, 0.15) is 36.8 Å². The summed E-state index contributed by atoms with van der Waals surface area (Å²) in [6.45, 7) is 5.85. The number of nitrogens with one attached hydrogen (secondary N) is 1. The average Bonchev–Trinajstić information content (AvgIpc) is 2.72. The first-order valence-corrected chi connectivity index (χ1v) is 9.38. The van der Waals surface area contributed by atoms with E-state index in [1.165, 1.54) is 0 Å². The number of carbonyl (C=O) groups is 1. The molecule has 0 aliphatic carbocycles. The van der Waals surface area contributed by atoms with Gasteiger partial charge in [0.2, 0.25) is 5.91 Å². The van der Waals surface area contributed by atoms with Crippen LogP contribution < -0.4 is 10.2 Å². The Bertz CT molecular complexity index is 682. The summed E-state index contributed by atoms with van der Waals surface area (Å²) < 4.78 is 5.37. The highest BCUT2D eigenvalue weighted by atomic mass is 16.5. The van der Waals surface area contributed by atoms with Crippen LogP contribution in [0.2, 0.25) is 0 Å². The van der Waals surface area contributed by atoms with Crippen molar-refractivity contribution in [3.8, 4) is 0 Å². The number of morpholine rings is 1. The molecule has 0 bridgehead atoms. The molecule has 1 saturated heterocycles. The number of benzene rings is 1. The fourth-order valence-corrected chi connectivity index (χ4v) is 3.24. The predicted octanol–water partition coefficient (Wildman–Crippen LogP) is 3.12. The molecular weight excluding hydrogens is 326 g/mol. The molecule has 5 heteroatoms. The third-order valence-electron chi connectivity index (χ3n) is 4.71. The number of amides is 1. The Morgan fingerprint density at radius 1 is 1.19 bits per heavy atom. The lowest BCUT2D eigenvalue weighted by Gasteiger charge is -2.27. The molecule has 1 aromatic carbocycles. The van der Waals surface area contributed by atoms with E-state index in [9.17, 15) is 4.79 Å². The molecule has 26 heavy (non-hydrogen) atoms. The van der Waals surface area contributed by atoms with E-state index in [2.05, 4.69) is 22.1 Å². The minimum atomic E-state index is -0.0956. The van der Waals surface area contributed by atoms with Crippen molar-refractivity contribution >= 4 is 11.7 Å². The quantitative estimate of drug-likeness (QED) is 0.831. The maximum atomic E-state index is 12.7. The first-order valence-electron chi connectivity index (χ1n) is 9.38. The fraction of sp³-hybridized carbons (Fsp3) is 0.429. The van der Waals surface area contributed by atoms with Crippen LogP contribution in [-0.2, 0) is 16.1 Å². The van der Waals surface area contributed by atoms with Crippen LogP contribution in [0, 0.1) is 0 Å². The van der Waals surface area contributed by atoms with Crippen LogP contribution in [-0.4, -0.2) is 37.2 Å². The van der Waals surface area contributed by atoms with Crippen LogP contribution >= 0.6 is 0 Å². The van der Waals surface area contributed by atoms with Crippen LogP contribution in [0.3, 0.4) is 0 Å². The topological polar surface area (TPSA) is 54.5 Å². The highest BCUT2D eigenvalue weighted by Crippen LogP contribution is 2.21. The first kappa shape index (κ1) is 18.4. The zero-order valence-corrected chi connectivity index (χ0v) is 15.4. The summed E-state index contributed by atoms with van der Waals surface area (Å²) in [5, 5.41) is 3.07. The minimum absolute atomic E-state index is 0.0790. The molecule has 1 aromatic heterocycles. The smallest absolute Gasteiger partial charge is 0.227 e. The second-order valence-electron chi connectivity index (χ2n) is 6.59. The molecule has 2 heterocycles. The Labute approximate surface area is 155 Å². The zero-order valence-electron chi connectivity index (χ0n) is 15.4. The molecule has 0 saturated carbocycles. The average molecular weight is 353 g/mol. The van der Waals surface area contributed by atoms with Gasteiger partial charge in [0, 0.05) is 25.8 Å².